The lowest BCUT2D eigenvalue weighted by atomic mass is 9.99. The van der Waals surface area contributed by atoms with Crippen LogP contribution in [0.15, 0.2) is 5.38 Å². The van der Waals surface area contributed by atoms with Crippen LogP contribution in [0.5, 0.6) is 0 Å². The van der Waals surface area contributed by atoms with Gasteiger partial charge in [-0.05, 0) is 19.4 Å². The predicted molar refractivity (Wildman–Crippen MR) is 76.5 cm³/mol. The molecule has 4 nitrogen and oxygen atoms in total. The number of carbonyl (C=O) groups is 1. The van der Waals surface area contributed by atoms with E-state index in [1.54, 1.807) is 11.3 Å². The molecule has 0 amide bonds. The number of aliphatic carboxylic acids is 1. The van der Waals surface area contributed by atoms with Crippen LogP contribution in [0.1, 0.15) is 56.2 Å². The van der Waals surface area contributed by atoms with Crippen molar-refractivity contribution in [1.29, 1.82) is 0 Å². The molecule has 1 N–H and O–H groups in total. The Morgan fingerprint density at radius 2 is 2.37 bits per heavy atom. The van der Waals surface area contributed by atoms with Gasteiger partial charge < -0.3 is 5.11 Å². The van der Waals surface area contributed by atoms with Gasteiger partial charge in [0.2, 0.25) is 0 Å². The highest BCUT2D eigenvalue weighted by Crippen LogP contribution is 2.24. The van der Waals surface area contributed by atoms with Crippen LogP contribution in [0.4, 0.5) is 0 Å². The molecule has 1 unspecified atom stereocenters. The van der Waals surface area contributed by atoms with E-state index in [4.69, 9.17) is 5.11 Å². The van der Waals surface area contributed by atoms with Gasteiger partial charge in [0.25, 0.3) is 0 Å². The minimum Gasteiger partial charge on any atom is -0.481 e. The summed E-state index contributed by atoms with van der Waals surface area (Å²) in [6, 6.07) is 0.176. The molecular weight excluding hydrogens is 260 g/mol. The highest BCUT2D eigenvalue weighted by Gasteiger charge is 2.25. The average Bonchev–Trinajstić information content (AvgIpc) is 2.80. The third kappa shape index (κ3) is 4.01. The lowest BCUT2D eigenvalue weighted by Crippen LogP contribution is -2.40. The molecule has 0 aromatic carbocycles. The first-order valence-electron chi connectivity index (χ1n) is 6.96. The van der Waals surface area contributed by atoms with Crippen LogP contribution in [0.25, 0.3) is 0 Å². The second kappa shape index (κ2) is 6.48. The molecule has 1 atom stereocenters. The van der Waals surface area contributed by atoms with Crippen LogP contribution in [0, 0.1) is 0 Å². The van der Waals surface area contributed by atoms with Crippen molar-refractivity contribution in [2.24, 2.45) is 0 Å². The number of likely N-dealkylation sites (tertiary alicyclic amines) is 1. The molecule has 1 aliphatic rings. The largest absolute Gasteiger partial charge is 0.481 e. The average molecular weight is 282 g/mol. The summed E-state index contributed by atoms with van der Waals surface area (Å²) in [7, 11) is 0. The lowest BCUT2D eigenvalue weighted by molar-refractivity contribution is -0.138. The van der Waals surface area contributed by atoms with Gasteiger partial charge in [0.05, 0.1) is 17.1 Å². The number of carboxylic acid groups (broad SMARTS) is 1. The maximum absolute atomic E-state index is 10.9. The molecule has 2 rings (SSSR count). The van der Waals surface area contributed by atoms with E-state index < -0.39 is 5.97 Å². The third-order valence-corrected chi connectivity index (χ3v) is 4.78. The molecule has 0 aliphatic carbocycles. The van der Waals surface area contributed by atoms with Crippen molar-refractivity contribution < 1.29 is 9.90 Å². The van der Waals surface area contributed by atoms with E-state index in [9.17, 15) is 4.79 Å². The molecule has 106 valence electrons. The Morgan fingerprint density at radius 1 is 1.58 bits per heavy atom. The van der Waals surface area contributed by atoms with Crippen molar-refractivity contribution in [2.45, 2.75) is 58.0 Å². The summed E-state index contributed by atoms with van der Waals surface area (Å²) in [5.74, 6) is -0.229. The molecule has 2 heterocycles. The zero-order valence-corrected chi connectivity index (χ0v) is 12.4. The smallest absolute Gasteiger partial charge is 0.304 e. The van der Waals surface area contributed by atoms with Gasteiger partial charge in [-0.1, -0.05) is 20.3 Å². The van der Waals surface area contributed by atoms with Gasteiger partial charge >= 0.3 is 5.97 Å². The van der Waals surface area contributed by atoms with Crippen LogP contribution in [-0.2, 0) is 11.3 Å². The SMILES string of the molecule is CC(C)c1nc(CN2CCCCC2CC(=O)O)cs1. The zero-order chi connectivity index (χ0) is 13.8. The Balaban J connectivity index is 1.99. The normalized spacial score (nSPS) is 20.9. The number of carboxylic acids is 1. The van der Waals surface area contributed by atoms with Gasteiger partial charge in [-0.25, -0.2) is 4.98 Å². The van der Waals surface area contributed by atoms with Crippen molar-refractivity contribution in [3.05, 3.63) is 16.1 Å². The fourth-order valence-electron chi connectivity index (χ4n) is 2.57. The third-order valence-electron chi connectivity index (χ3n) is 3.59. The van der Waals surface area contributed by atoms with Crippen LogP contribution in [0.2, 0.25) is 0 Å². The Kier molecular flexibility index (Phi) is 4.93. The quantitative estimate of drug-likeness (QED) is 0.901. The van der Waals surface area contributed by atoms with E-state index in [1.807, 2.05) is 0 Å². The fourth-order valence-corrected chi connectivity index (χ4v) is 3.40. The molecule has 0 bridgehead atoms. The van der Waals surface area contributed by atoms with Gasteiger partial charge in [0.15, 0.2) is 0 Å². The first-order valence-corrected chi connectivity index (χ1v) is 7.84. The molecule has 1 saturated heterocycles. The highest BCUT2D eigenvalue weighted by atomic mass is 32.1. The molecule has 1 aromatic heterocycles. The topological polar surface area (TPSA) is 53.4 Å². The number of hydrogen-bond donors (Lipinski definition) is 1. The van der Waals surface area contributed by atoms with Crippen molar-refractivity contribution in [1.82, 2.24) is 9.88 Å². The molecule has 1 fully saturated rings. The zero-order valence-electron chi connectivity index (χ0n) is 11.6. The lowest BCUT2D eigenvalue weighted by Gasteiger charge is -2.34. The van der Waals surface area contributed by atoms with Crippen LogP contribution in [-0.4, -0.2) is 33.5 Å². The fraction of sp³-hybridized carbons (Fsp3) is 0.714. The first kappa shape index (κ1) is 14.5. The van der Waals surface area contributed by atoms with E-state index in [2.05, 4.69) is 29.1 Å². The van der Waals surface area contributed by atoms with E-state index in [0.29, 0.717) is 5.92 Å². The summed E-state index contributed by atoms with van der Waals surface area (Å²) in [4.78, 5) is 17.9. The van der Waals surface area contributed by atoms with Crippen LogP contribution in [0.3, 0.4) is 0 Å². The summed E-state index contributed by atoms with van der Waals surface area (Å²) in [6.07, 6.45) is 3.55. The van der Waals surface area contributed by atoms with Gasteiger partial charge in [-0.3, -0.25) is 9.69 Å². The second-order valence-electron chi connectivity index (χ2n) is 5.55. The molecule has 5 heteroatoms. The molecule has 0 spiro atoms. The molecule has 0 radical (unpaired) electrons. The first-order chi connectivity index (χ1) is 9.06. The van der Waals surface area contributed by atoms with E-state index in [-0.39, 0.29) is 12.5 Å². The van der Waals surface area contributed by atoms with Gasteiger partial charge in [-0.15, -0.1) is 11.3 Å². The maximum atomic E-state index is 10.9. The van der Waals surface area contributed by atoms with Crippen molar-refractivity contribution in [3.63, 3.8) is 0 Å². The standard InChI is InChI=1S/C14H22N2O2S/c1-10(2)14-15-11(9-19-14)8-16-6-4-3-5-12(16)7-13(17)18/h9-10,12H,3-8H2,1-2H3,(H,17,18). The number of hydrogen-bond acceptors (Lipinski definition) is 4. The van der Waals surface area contributed by atoms with Crippen molar-refractivity contribution in [3.8, 4) is 0 Å². The number of piperidine rings is 1. The summed E-state index contributed by atoms with van der Waals surface area (Å²) in [5.41, 5.74) is 1.09. The van der Waals surface area contributed by atoms with E-state index >= 15 is 0 Å². The van der Waals surface area contributed by atoms with Gasteiger partial charge in [0.1, 0.15) is 0 Å². The number of aromatic nitrogens is 1. The predicted octanol–water partition coefficient (Wildman–Crippen LogP) is 3.10. The molecule has 1 aliphatic heterocycles. The summed E-state index contributed by atoms with van der Waals surface area (Å²) in [5, 5.41) is 12.3. The van der Waals surface area contributed by atoms with Crippen molar-refractivity contribution in [2.75, 3.05) is 6.54 Å². The van der Waals surface area contributed by atoms with Crippen LogP contribution >= 0.6 is 11.3 Å². The second-order valence-corrected chi connectivity index (χ2v) is 6.44. The van der Waals surface area contributed by atoms with E-state index in [1.165, 1.54) is 5.01 Å². The number of thiazole rings is 1. The summed E-state index contributed by atoms with van der Waals surface area (Å²) < 4.78 is 0. The highest BCUT2D eigenvalue weighted by molar-refractivity contribution is 7.09. The number of nitrogens with zero attached hydrogens (tertiary/aromatic N) is 2. The Bertz CT molecular complexity index is 431. The number of rotatable bonds is 5. The Hall–Kier alpha value is -0.940. The minimum atomic E-state index is -0.696. The van der Waals surface area contributed by atoms with Gasteiger partial charge in [0, 0.05) is 23.9 Å². The van der Waals surface area contributed by atoms with Crippen molar-refractivity contribution >= 4 is 17.3 Å². The molecule has 0 saturated carbocycles. The summed E-state index contributed by atoms with van der Waals surface area (Å²) >= 11 is 1.71. The summed E-state index contributed by atoms with van der Waals surface area (Å²) in [6.45, 7) is 6.08. The molecule has 19 heavy (non-hydrogen) atoms. The Morgan fingerprint density at radius 3 is 3.00 bits per heavy atom. The minimum absolute atomic E-state index is 0.176. The van der Waals surface area contributed by atoms with Crippen LogP contribution < -0.4 is 0 Å². The molecule has 1 aromatic rings. The Labute approximate surface area is 118 Å². The molecular formula is C14H22N2O2S. The monoisotopic (exact) mass is 282 g/mol. The maximum Gasteiger partial charge on any atom is 0.304 e. The van der Waals surface area contributed by atoms with Gasteiger partial charge in [-0.2, -0.15) is 0 Å². The van der Waals surface area contributed by atoms with E-state index in [0.717, 1.165) is 38.0 Å².